The molecule has 2 nitrogen and oxygen atoms in total. The number of nitrogens with two attached hydrogens (primary N) is 1. The Balaban J connectivity index is 0.00000529. The molecule has 0 aliphatic rings. The van der Waals surface area contributed by atoms with Crippen LogP contribution in [0.1, 0.15) is 96.8 Å². The van der Waals surface area contributed by atoms with E-state index < -0.39 is 0 Å². The molecule has 1 aromatic rings. The molecule has 24 heavy (non-hydrogen) atoms. The van der Waals surface area contributed by atoms with Crippen LogP contribution in [0.25, 0.3) is 0 Å². The Bertz CT molecular complexity index is 382. The molecular formula is C21H39BrN2. The number of anilines is 1. The summed E-state index contributed by atoms with van der Waals surface area (Å²) >= 11 is 0. The van der Waals surface area contributed by atoms with E-state index in [-0.39, 0.29) is 17.0 Å². The predicted molar refractivity (Wildman–Crippen MR) is 101 cm³/mol. The third-order valence-corrected chi connectivity index (χ3v) is 4.73. The van der Waals surface area contributed by atoms with E-state index in [0.29, 0.717) is 0 Å². The van der Waals surface area contributed by atoms with E-state index in [1.165, 1.54) is 89.9 Å². The third kappa shape index (κ3) is 12.8. The highest BCUT2D eigenvalue weighted by molar-refractivity contribution is 5.18. The van der Waals surface area contributed by atoms with Crippen molar-refractivity contribution in [2.24, 2.45) is 0 Å². The Morgan fingerprint density at radius 2 is 1.17 bits per heavy atom. The van der Waals surface area contributed by atoms with Crippen molar-refractivity contribution in [2.75, 3.05) is 5.73 Å². The molecule has 0 atom stereocenters. The van der Waals surface area contributed by atoms with Crippen molar-refractivity contribution >= 4 is 5.82 Å². The molecule has 0 saturated carbocycles. The van der Waals surface area contributed by atoms with Gasteiger partial charge in [-0.3, -0.25) is 5.73 Å². The predicted octanol–water partition coefficient (Wildman–Crippen LogP) is 3.04. The molecule has 0 aliphatic heterocycles. The molecule has 0 bridgehead atoms. The summed E-state index contributed by atoms with van der Waals surface area (Å²) in [5.74, 6) is 0.877. The van der Waals surface area contributed by atoms with Gasteiger partial charge >= 0.3 is 0 Å². The topological polar surface area (TPSA) is 29.9 Å². The third-order valence-electron chi connectivity index (χ3n) is 4.73. The number of aryl methyl sites for hydroxylation is 1. The van der Waals surface area contributed by atoms with Gasteiger partial charge in [0.1, 0.15) is 0 Å². The zero-order valence-corrected chi connectivity index (χ0v) is 17.4. The summed E-state index contributed by atoms with van der Waals surface area (Å²) < 4.78 is 2.15. The summed E-state index contributed by atoms with van der Waals surface area (Å²) in [7, 11) is 0. The molecule has 0 spiro atoms. The molecule has 0 fully saturated rings. The maximum Gasteiger partial charge on any atom is 0.272 e. The number of nitrogens with zero attached hydrogens (tertiary/aromatic N) is 1. The summed E-state index contributed by atoms with van der Waals surface area (Å²) in [6.07, 6.45) is 21.8. The van der Waals surface area contributed by atoms with Gasteiger partial charge in [-0.15, -0.1) is 0 Å². The first-order valence-electron chi connectivity index (χ1n) is 10.1. The minimum Gasteiger partial charge on any atom is -1.00 e. The molecule has 1 rings (SSSR count). The summed E-state index contributed by atoms with van der Waals surface area (Å²) in [5.41, 5.74) is 5.94. The fourth-order valence-corrected chi connectivity index (χ4v) is 3.17. The maximum atomic E-state index is 5.94. The van der Waals surface area contributed by atoms with E-state index >= 15 is 0 Å². The average Bonchev–Trinajstić information content (AvgIpc) is 2.57. The molecular weight excluding hydrogens is 360 g/mol. The minimum absolute atomic E-state index is 0. The first-order chi connectivity index (χ1) is 11.3. The molecule has 140 valence electrons. The first-order valence-corrected chi connectivity index (χ1v) is 10.1. The van der Waals surface area contributed by atoms with Crippen molar-refractivity contribution < 1.29 is 21.5 Å². The lowest BCUT2D eigenvalue weighted by molar-refractivity contribution is -0.683. The van der Waals surface area contributed by atoms with E-state index in [4.69, 9.17) is 5.73 Å². The number of hydrogen-bond donors (Lipinski definition) is 1. The van der Waals surface area contributed by atoms with Crippen molar-refractivity contribution in [1.82, 2.24) is 0 Å². The van der Waals surface area contributed by atoms with Crippen LogP contribution in [0.3, 0.4) is 0 Å². The quantitative estimate of drug-likeness (QED) is 0.357. The monoisotopic (exact) mass is 398 g/mol. The van der Waals surface area contributed by atoms with Crippen LogP contribution in [0.5, 0.6) is 0 Å². The second-order valence-electron chi connectivity index (χ2n) is 6.92. The molecule has 1 heterocycles. The largest absolute Gasteiger partial charge is 1.00 e. The smallest absolute Gasteiger partial charge is 0.272 e. The number of unbranched alkanes of at least 4 members (excludes halogenated alkanes) is 13. The van der Waals surface area contributed by atoms with Gasteiger partial charge in [0.2, 0.25) is 0 Å². The standard InChI is InChI=1S/C21H38N2.BrH/c1-2-3-4-5-6-7-8-9-10-11-12-13-14-16-19-23-20-17-15-18-21(23)22;/h15,17-18,20,22H,2-14,16,19H2,1H3;1H. The van der Waals surface area contributed by atoms with Crippen molar-refractivity contribution in [3.63, 3.8) is 0 Å². The van der Waals surface area contributed by atoms with Gasteiger partial charge < -0.3 is 17.0 Å². The Kier molecular flexibility index (Phi) is 16.8. The molecule has 0 unspecified atom stereocenters. The summed E-state index contributed by atoms with van der Waals surface area (Å²) in [6, 6.07) is 6.03. The molecule has 1 aromatic heterocycles. The zero-order valence-electron chi connectivity index (χ0n) is 15.8. The van der Waals surface area contributed by atoms with Gasteiger partial charge in [0.15, 0.2) is 0 Å². The van der Waals surface area contributed by atoms with Gasteiger partial charge in [-0.05, 0) is 18.9 Å². The van der Waals surface area contributed by atoms with Crippen LogP contribution in [0.2, 0.25) is 0 Å². The Morgan fingerprint density at radius 3 is 1.62 bits per heavy atom. The van der Waals surface area contributed by atoms with Crippen molar-refractivity contribution in [1.29, 1.82) is 0 Å². The number of hydrogen-bond acceptors (Lipinski definition) is 1. The van der Waals surface area contributed by atoms with E-state index in [0.717, 1.165) is 12.4 Å². The molecule has 0 aromatic carbocycles. The average molecular weight is 399 g/mol. The Hall–Kier alpha value is -0.570. The fourth-order valence-electron chi connectivity index (χ4n) is 3.17. The van der Waals surface area contributed by atoms with E-state index in [1.54, 1.807) is 0 Å². The molecule has 3 heteroatoms. The van der Waals surface area contributed by atoms with Crippen LogP contribution < -0.4 is 27.3 Å². The summed E-state index contributed by atoms with van der Waals surface area (Å²) in [4.78, 5) is 0. The number of aromatic nitrogens is 1. The van der Waals surface area contributed by atoms with E-state index in [9.17, 15) is 0 Å². The van der Waals surface area contributed by atoms with Crippen LogP contribution in [0, 0.1) is 0 Å². The second-order valence-corrected chi connectivity index (χ2v) is 6.92. The Labute approximate surface area is 161 Å². The van der Waals surface area contributed by atoms with E-state index in [2.05, 4.69) is 23.8 Å². The van der Waals surface area contributed by atoms with E-state index in [1.807, 2.05) is 12.1 Å². The molecule has 0 amide bonds. The number of nitrogen functional groups attached to an aromatic ring is 1. The van der Waals surface area contributed by atoms with Gasteiger partial charge in [-0.25, -0.2) is 4.57 Å². The van der Waals surface area contributed by atoms with Gasteiger partial charge in [0.05, 0.1) is 12.7 Å². The van der Waals surface area contributed by atoms with Crippen LogP contribution in [-0.2, 0) is 6.54 Å². The number of rotatable bonds is 15. The van der Waals surface area contributed by atoms with Gasteiger partial charge in [-0.2, -0.15) is 0 Å². The molecule has 0 saturated heterocycles. The summed E-state index contributed by atoms with van der Waals surface area (Å²) in [6.45, 7) is 3.35. The minimum atomic E-state index is 0. The number of halogens is 1. The zero-order chi connectivity index (χ0) is 16.6. The second kappa shape index (κ2) is 17.3. The van der Waals surface area contributed by atoms with Crippen LogP contribution in [-0.4, -0.2) is 0 Å². The molecule has 0 aliphatic carbocycles. The number of pyridine rings is 1. The van der Waals surface area contributed by atoms with Crippen molar-refractivity contribution in [2.45, 2.75) is 103 Å². The lowest BCUT2D eigenvalue weighted by Gasteiger charge is -2.04. The van der Waals surface area contributed by atoms with Crippen LogP contribution >= 0.6 is 0 Å². The molecule has 2 N–H and O–H groups in total. The van der Waals surface area contributed by atoms with Crippen LogP contribution in [0.4, 0.5) is 5.82 Å². The SMILES string of the molecule is CCCCCCCCCCCCCCCC[n+]1ccccc1N.[Br-]. The lowest BCUT2D eigenvalue weighted by atomic mass is 10.0. The highest BCUT2D eigenvalue weighted by atomic mass is 79.9. The highest BCUT2D eigenvalue weighted by Gasteiger charge is 2.01. The van der Waals surface area contributed by atoms with Gasteiger partial charge in [0, 0.05) is 6.07 Å². The van der Waals surface area contributed by atoms with Gasteiger partial charge in [-0.1, -0.05) is 90.0 Å². The Morgan fingerprint density at radius 1 is 0.708 bits per heavy atom. The van der Waals surface area contributed by atoms with Crippen molar-refractivity contribution in [3.8, 4) is 0 Å². The lowest BCUT2D eigenvalue weighted by Crippen LogP contribution is -3.00. The van der Waals surface area contributed by atoms with Crippen LogP contribution in [0.15, 0.2) is 24.4 Å². The molecule has 0 radical (unpaired) electrons. The van der Waals surface area contributed by atoms with Gasteiger partial charge in [0.25, 0.3) is 5.82 Å². The maximum absolute atomic E-state index is 5.94. The first kappa shape index (κ1) is 23.4. The fraction of sp³-hybridized carbons (Fsp3) is 0.762. The van der Waals surface area contributed by atoms with Crippen molar-refractivity contribution in [3.05, 3.63) is 24.4 Å². The normalized spacial score (nSPS) is 10.5. The summed E-state index contributed by atoms with van der Waals surface area (Å²) in [5, 5.41) is 0. The highest BCUT2D eigenvalue weighted by Crippen LogP contribution is 2.12.